The molecule has 2 aromatic rings. The third-order valence-electron chi connectivity index (χ3n) is 3.85. The van der Waals surface area contributed by atoms with E-state index in [2.05, 4.69) is 18.1 Å². The number of nitrogens with zero attached hydrogens (tertiary/aromatic N) is 3. The lowest BCUT2D eigenvalue weighted by molar-refractivity contribution is 0.366. The first-order valence-electron chi connectivity index (χ1n) is 7.87. The Morgan fingerprint density at radius 1 is 1.25 bits per heavy atom. The Morgan fingerprint density at radius 3 is 2.43 bits per heavy atom. The molecule has 28 heavy (non-hydrogen) atoms. The van der Waals surface area contributed by atoms with Crippen LogP contribution in [0.1, 0.15) is 11.3 Å². The van der Waals surface area contributed by atoms with Crippen LogP contribution in [0.15, 0.2) is 54.9 Å². The smallest absolute Gasteiger partial charge is 0.172 e. The van der Waals surface area contributed by atoms with Crippen molar-refractivity contribution in [3.63, 3.8) is 0 Å². The van der Waals surface area contributed by atoms with E-state index >= 15 is 4.39 Å². The van der Waals surface area contributed by atoms with Crippen LogP contribution >= 0.6 is 0 Å². The lowest BCUT2D eigenvalue weighted by Gasteiger charge is -2.13. The summed E-state index contributed by atoms with van der Waals surface area (Å²) in [5.41, 5.74) is -0.581. The Kier molecular flexibility index (Phi) is 6.26. The van der Waals surface area contributed by atoms with Crippen molar-refractivity contribution < 1.29 is 18.3 Å². The van der Waals surface area contributed by atoms with Gasteiger partial charge in [-0.3, -0.25) is 0 Å². The number of rotatable bonds is 6. The van der Waals surface area contributed by atoms with Crippen LogP contribution in [0.5, 0.6) is 5.75 Å². The van der Waals surface area contributed by atoms with E-state index in [1.54, 1.807) is 12.1 Å². The van der Waals surface area contributed by atoms with Gasteiger partial charge in [-0.1, -0.05) is 25.3 Å². The molecule has 0 aliphatic heterocycles. The molecule has 1 aromatic carbocycles. The maximum absolute atomic E-state index is 15.3. The molecule has 0 spiro atoms. The van der Waals surface area contributed by atoms with Crippen LogP contribution in [0, 0.1) is 28.5 Å². The third-order valence-corrected chi connectivity index (χ3v) is 3.85. The van der Waals surface area contributed by atoms with Gasteiger partial charge < -0.3 is 9.47 Å². The number of aromatic nitrogens is 1. The van der Waals surface area contributed by atoms with Crippen LogP contribution in [0.4, 0.5) is 8.78 Å². The van der Waals surface area contributed by atoms with Gasteiger partial charge in [0.05, 0.1) is 25.5 Å². The fourth-order valence-electron chi connectivity index (χ4n) is 2.62. The molecule has 7 heteroatoms. The molecule has 0 N–H and O–H groups in total. The third kappa shape index (κ3) is 3.60. The van der Waals surface area contributed by atoms with Gasteiger partial charge in [-0.15, -0.1) is 0 Å². The summed E-state index contributed by atoms with van der Waals surface area (Å²) in [6, 6.07) is 7.63. The first-order valence-corrected chi connectivity index (χ1v) is 7.87. The summed E-state index contributed by atoms with van der Waals surface area (Å²) in [4.78, 5) is 4.20. The first-order chi connectivity index (χ1) is 13.4. The van der Waals surface area contributed by atoms with E-state index in [9.17, 15) is 4.39 Å². The van der Waals surface area contributed by atoms with Crippen molar-refractivity contribution in [1.82, 2.24) is 4.98 Å². The largest absolute Gasteiger partial charge is 0.496 e. The Labute approximate surface area is 160 Å². The van der Waals surface area contributed by atoms with Gasteiger partial charge in [0, 0.05) is 17.0 Å². The normalized spacial score (nSPS) is 10.6. The summed E-state index contributed by atoms with van der Waals surface area (Å²) in [7, 11) is 2.60. The summed E-state index contributed by atoms with van der Waals surface area (Å²) in [6.45, 7) is 6.77. The molecular formula is C21H15F2N3O2. The van der Waals surface area contributed by atoms with Crippen LogP contribution in [0.2, 0.25) is 0 Å². The van der Waals surface area contributed by atoms with E-state index in [1.165, 1.54) is 44.6 Å². The molecule has 140 valence electrons. The number of hydrogen-bond acceptors (Lipinski definition) is 5. The molecule has 0 saturated carbocycles. The zero-order chi connectivity index (χ0) is 20.8. The molecule has 0 fully saturated rings. The summed E-state index contributed by atoms with van der Waals surface area (Å²) >= 11 is 0. The summed E-state index contributed by atoms with van der Waals surface area (Å²) in [5.74, 6) is -1.60. The second-order valence-corrected chi connectivity index (χ2v) is 5.39. The number of nitriles is 2. The summed E-state index contributed by atoms with van der Waals surface area (Å²) in [6.07, 6.45) is 2.70. The summed E-state index contributed by atoms with van der Waals surface area (Å²) in [5, 5.41) is 18.5. The van der Waals surface area contributed by atoms with Gasteiger partial charge in [-0.25, -0.2) is 13.8 Å². The van der Waals surface area contributed by atoms with Crippen molar-refractivity contribution in [2.24, 2.45) is 0 Å². The highest BCUT2D eigenvalue weighted by Crippen LogP contribution is 2.35. The molecule has 2 rings (SSSR count). The van der Waals surface area contributed by atoms with E-state index in [1.807, 2.05) is 0 Å². The molecule has 1 heterocycles. The number of ether oxygens (including phenoxy) is 2. The van der Waals surface area contributed by atoms with Gasteiger partial charge in [-0.05, 0) is 12.1 Å². The molecule has 0 aliphatic rings. The topological polar surface area (TPSA) is 78.9 Å². The highest BCUT2D eigenvalue weighted by Gasteiger charge is 2.21. The van der Waals surface area contributed by atoms with Crippen molar-refractivity contribution >= 4 is 22.2 Å². The first kappa shape index (κ1) is 20.3. The predicted octanol–water partition coefficient (Wildman–Crippen LogP) is 4.84. The molecular weight excluding hydrogens is 364 g/mol. The maximum Gasteiger partial charge on any atom is 0.172 e. The monoisotopic (exact) mass is 379 g/mol. The molecule has 0 atom stereocenters. The highest BCUT2D eigenvalue weighted by molar-refractivity contribution is 5.91. The minimum absolute atomic E-state index is 0.0113. The standard InChI is InChI=1S/C21H15F2N3O2/c1-5-6-14(12(2)22)17-9-18(27-3)15-7-8-16(19(23)20(15)26-17)21(28-4)13(10-24)11-25/h5-9H,1-2H2,3-4H3/b14-6+. The number of hydrogen-bond donors (Lipinski definition) is 0. The van der Waals surface area contributed by atoms with Gasteiger partial charge in [0.15, 0.2) is 17.1 Å². The highest BCUT2D eigenvalue weighted by atomic mass is 19.1. The van der Waals surface area contributed by atoms with E-state index in [4.69, 9.17) is 20.0 Å². The Hall–Kier alpha value is -3.97. The minimum atomic E-state index is -0.847. The van der Waals surface area contributed by atoms with Crippen molar-refractivity contribution in [3.05, 3.63) is 72.0 Å². The van der Waals surface area contributed by atoms with Crippen molar-refractivity contribution in [3.8, 4) is 17.9 Å². The molecule has 5 nitrogen and oxygen atoms in total. The van der Waals surface area contributed by atoms with Crippen LogP contribution in [0.25, 0.3) is 22.2 Å². The minimum Gasteiger partial charge on any atom is -0.496 e. The number of fused-ring (bicyclic) bond motifs is 1. The molecule has 1 aromatic heterocycles. The number of methoxy groups -OCH3 is 2. The number of allylic oxidation sites excluding steroid dienone is 5. The average molecular weight is 379 g/mol. The van der Waals surface area contributed by atoms with Crippen LogP contribution < -0.4 is 4.74 Å². The fraction of sp³-hybridized carbons (Fsp3) is 0.0952. The number of benzene rings is 1. The van der Waals surface area contributed by atoms with E-state index in [0.717, 1.165) is 0 Å². The lowest BCUT2D eigenvalue weighted by Crippen LogP contribution is -2.01. The van der Waals surface area contributed by atoms with Crippen LogP contribution in [-0.4, -0.2) is 19.2 Å². The quantitative estimate of drug-likeness (QED) is 0.408. The zero-order valence-electron chi connectivity index (χ0n) is 15.2. The fourth-order valence-corrected chi connectivity index (χ4v) is 2.62. The predicted molar refractivity (Wildman–Crippen MR) is 102 cm³/mol. The molecule has 0 aliphatic carbocycles. The van der Waals surface area contributed by atoms with Crippen molar-refractivity contribution in [2.75, 3.05) is 14.2 Å². The Bertz CT molecular complexity index is 1100. The van der Waals surface area contributed by atoms with Gasteiger partial charge in [0.2, 0.25) is 0 Å². The van der Waals surface area contributed by atoms with Crippen LogP contribution in [0.3, 0.4) is 0 Å². The average Bonchev–Trinajstić information content (AvgIpc) is 2.70. The van der Waals surface area contributed by atoms with Crippen molar-refractivity contribution in [1.29, 1.82) is 10.5 Å². The molecule has 0 radical (unpaired) electrons. The van der Waals surface area contributed by atoms with E-state index in [0.29, 0.717) is 5.39 Å². The van der Waals surface area contributed by atoms with Gasteiger partial charge in [0.25, 0.3) is 0 Å². The lowest BCUT2D eigenvalue weighted by atomic mass is 10.0. The Balaban J connectivity index is 2.93. The molecule has 0 unspecified atom stereocenters. The SMILES string of the molecule is C=C/C=C(\C(=C)F)c1cc(OC)c2ccc(C(OC)=C(C#N)C#N)c(F)c2n1. The molecule has 0 saturated heterocycles. The van der Waals surface area contributed by atoms with Crippen molar-refractivity contribution in [2.45, 2.75) is 0 Å². The van der Waals surface area contributed by atoms with E-state index < -0.39 is 17.2 Å². The zero-order valence-corrected chi connectivity index (χ0v) is 15.2. The maximum atomic E-state index is 15.3. The second kappa shape index (κ2) is 8.61. The summed E-state index contributed by atoms with van der Waals surface area (Å²) < 4.78 is 39.5. The van der Waals surface area contributed by atoms with Gasteiger partial charge in [-0.2, -0.15) is 10.5 Å². The Morgan fingerprint density at radius 2 is 1.93 bits per heavy atom. The van der Waals surface area contributed by atoms with Gasteiger partial charge >= 0.3 is 0 Å². The number of halogens is 2. The van der Waals surface area contributed by atoms with Crippen LogP contribution in [-0.2, 0) is 4.74 Å². The molecule has 0 bridgehead atoms. The molecule has 0 amide bonds. The van der Waals surface area contributed by atoms with Gasteiger partial charge in [0.1, 0.15) is 29.2 Å². The second-order valence-electron chi connectivity index (χ2n) is 5.39. The van der Waals surface area contributed by atoms with E-state index in [-0.39, 0.29) is 33.9 Å². The number of pyridine rings is 1.